The summed E-state index contributed by atoms with van der Waals surface area (Å²) in [7, 11) is 0. The van der Waals surface area contributed by atoms with Gasteiger partial charge in [0.2, 0.25) is 11.6 Å². The molecule has 26 heavy (non-hydrogen) atoms. The summed E-state index contributed by atoms with van der Waals surface area (Å²) in [5.74, 6) is 0.702. The van der Waals surface area contributed by atoms with Crippen LogP contribution in [0.1, 0.15) is 24.5 Å². The summed E-state index contributed by atoms with van der Waals surface area (Å²) in [6.45, 7) is 2.05. The van der Waals surface area contributed by atoms with Gasteiger partial charge in [0.05, 0.1) is 5.69 Å². The summed E-state index contributed by atoms with van der Waals surface area (Å²) in [6, 6.07) is 28.1. The monoisotopic (exact) mass is 362 g/mol. The molecule has 0 amide bonds. The molecule has 0 aliphatic carbocycles. The summed E-state index contributed by atoms with van der Waals surface area (Å²) >= 11 is 6.09. The molecule has 1 aliphatic heterocycles. The van der Waals surface area contributed by atoms with Gasteiger partial charge in [-0.1, -0.05) is 79.2 Å². The first kappa shape index (κ1) is 16.7. The van der Waals surface area contributed by atoms with Crippen LogP contribution in [0.15, 0.2) is 89.9 Å². The number of hydroxylamine groups is 1. The Morgan fingerprint density at radius 3 is 1.88 bits per heavy atom. The zero-order chi connectivity index (χ0) is 18.0. The second-order valence-electron chi connectivity index (χ2n) is 6.13. The maximum Gasteiger partial charge on any atom is 0.220 e. The average Bonchev–Trinajstić information content (AvgIpc) is 3.11. The van der Waals surface area contributed by atoms with E-state index in [1.807, 2.05) is 72.7 Å². The molecule has 0 bridgehead atoms. The van der Waals surface area contributed by atoms with Crippen LogP contribution in [0.2, 0.25) is 5.02 Å². The van der Waals surface area contributed by atoms with E-state index in [4.69, 9.17) is 21.4 Å². The van der Waals surface area contributed by atoms with Crippen molar-refractivity contribution in [2.75, 3.05) is 5.06 Å². The second kappa shape index (κ2) is 6.85. The fourth-order valence-corrected chi connectivity index (χ4v) is 3.37. The third-order valence-corrected chi connectivity index (χ3v) is 4.75. The third kappa shape index (κ3) is 2.74. The number of benzene rings is 3. The molecule has 130 valence electrons. The van der Waals surface area contributed by atoms with Crippen molar-refractivity contribution in [1.82, 2.24) is 0 Å². The lowest BCUT2D eigenvalue weighted by Crippen LogP contribution is -2.42. The first-order valence-electron chi connectivity index (χ1n) is 8.67. The summed E-state index contributed by atoms with van der Waals surface area (Å²) in [5, 5.41) is 2.57. The maximum atomic E-state index is 6.20. The molecule has 3 nitrogen and oxygen atoms in total. The van der Waals surface area contributed by atoms with Gasteiger partial charge in [0, 0.05) is 22.6 Å². The minimum atomic E-state index is -0.776. The molecule has 3 aromatic rings. The molecule has 0 unspecified atom stereocenters. The molecular formula is C22H19ClN2O. The van der Waals surface area contributed by atoms with E-state index in [-0.39, 0.29) is 0 Å². The van der Waals surface area contributed by atoms with E-state index in [1.54, 1.807) is 0 Å². The van der Waals surface area contributed by atoms with Crippen LogP contribution >= 0.6 is 11.6 Å². The Morgan fingerprint density at radius 2 is 1.38 bits per heavy atom. The molecule has 0 radical (unpaired) electrons. The van der Waals surface area contributed by atoms with Gasteiger partial charge >= 0.3 is 0 Å². The lowest BCUT2D eigenvalue weighted by molar-refractivity contribution is 0.227. The number of nitrogens with zero attached hydrogens (tertiary/aromatic N) is 2. The molecule has 1 heterocycles. The van der Waals surface area contributed by atoms with Crippen molar-refractivity contribution < 1.29 is 4.84 Å². The molecule has 0 atom stereocenters. The minimum absolute atomic E-state index is 0.689. The van der Waals surface area contributed by atoms with Gasteiger partial charge in [-0.2, -0.15) is 5.06 Å². The molecule has 0 fully saturated rings. The van der Waals surface area contributed by atoms with E-state index >= 15 is 0 Å². The predicted octanol–water partition coefficient (Wildman–Crippen LogP) is 5.80. The third-order valence-electron chi connectivity index (χ3n) is 4.49. The van der Waals surface area contributed by atoms with E-state index in [1.165, 1.54) is 0 Å². The smallest absolute Gasteiger partial charge is 0.220 e. The Labute approximate surface area is 158 Å². The van der Waals surface area contributed by atoms with Gasteiger partial charge in [0.15, 0.2) is 0 Å². The number of hydrogen-bond donors (Lipinski definition) is 0. The largest absolute Gasteiger partial charge is 0.361 e. The van der Waals surface area contributed by atoms with Crippen LogP contribution in [-0.2, 0) is 10.5 Å². The summed E-state index contributed by atoms with van der Waals surface area (Å²) in [4.78, 5) is 11.2. The highest BCUT2D eigenvalue weighted by atomic mass is 35.5. The number of anilines is 1. The Morgan fingerprint density at radius 1 is 0.846 bits per heavy atom. The summed E-state index contributed by atoms with van der Waals surface area (Å²) < 4.78 is 0. The second-order valence-corrected chi connectivity index (χ2v) is 6.56. The number of rotatable bonds is 4. The molecule has 4 heteroatoms. The van der Waals surface area contributed by atoms with E-state index in [0.717, 1.165) is 16.8 Å². The first-order chi connectivity index (χ1) is 12.7. The van der Waals surface area contributed by atoms with Crippen molar-refractivity contribution in [3.8, 4) is 0 Å². The lowest BCUT2D eigenvalue weighted by atomic mass is 9.90. The van der Waals surface area contributed by atoms with Gasteiger partial charge in [-0.3, -0.25) is 0 Å². The van der Waals surface area contributed by atoms with E-state index < -0.39 is 5.66 Å². The number of hydrogen-bond acceptors (Lipinski definition) is 3. The molecule has 0 N–H and O–H groups in total. The molecular weight excluding hydrogens is 344 g/mol. The molecule has 0 saturated carbocycles. The van der Waals surface area contributed by atoms with Gasteiger partial charge < -0.3 is 4.84 Å². The Hall–Kier alpha value is -2.78. The molecule has 0 spiro atoms. The van der Waals surface area contributed by atoms with Gasteiger partial charge in [-0.05, 0) is 24.3 Å². The zero-order valence-electron chi connectivity index (χ0n) is 14.5. The SMILES string of the molecule is CCC1=NC(c2ccccc2)(c2ccccc2)N(c2ccc(Cl)cc2)O1. The van der Waals surface area contributed by atoms with Crippen molar-refractivity contribution in [3.05, 3.63) is 101 Å². The number of aliphatic imine (C=N–C) groups is 1. The average molecular weight is 363 g/mol. The summed E-state index contributed by atoms with van der Waals surface area (Å²) in [6.07, 6.45) is 0.714. The normalized spacial score (nSPS) is 15.5. The van der Waals surface area contributed by atoms with Crippen molar-refractivity contribution in [3.63, 3.8) is 0 Å². The van der Waals surface area contributed by atoms with Gasteiger partial charge in [-0.25, -0.2) is 4.99 Å². The standard InChI is InChI=1S/C22H19ClN2O/c1-2-21-24-22(17-9-5-3-6-10-17,18-11-7-4-8-12-18)25(26-21)20-15-13-19(23)14-16-20/h3-16H,2H2,1H3. The highest BCUT2D eigenvalue weighted by molar-refractivity contribution is 6.30. The van der Waals surface area contributed by atoms with Crippen LogP contribution in [0.3, 0.4) is 0 Å². The first-order valence-corrected chi connectivity index (χ1v) is 9.05. The van der Waals surface area contributed by atoms with Gasteiger partial charge in [0.25, 0.3) is 0 Å². The van der Waals surface area contributed by atoms with Gasteiger partial charge in [0.1, 0.15) is 0 Å². The van der Waals surface area contributed by atoms with Crippen LogP contribution in [-0.4, -0.2) is 5.90 Å². The van der Waals surface area contributed by atoms with Crippen molar-refractivity contribution in [2.24, 2.45) is 4.99 Å². The fraction of sp³-hybridized carbons (Fsp3) is 0.136. The highest BCUT2D eigenvalue weighted by Gasteiger charge is 2.47. The van der Waals surface area contributed by atoms with Crippen LogP contribution in [0.4, 0.5) is 5.69 Å². The minimum Gasteiger partial charge on any atom is -0.361 e. The van der Waals surface area contributed by atoms with Crippen molar-refractivity contribution in [1.29, 1.82) is 0 Å². The molecule has 0 saturated heterocycles. The van der Waals surface area contributed by atoms with E-state index in [9.17, 15) is 0 Å². The van der Waals surface area contributed by atoms with Crippen LogP contribution in [0.5, 0.6) is 0 Å². The van der Waals surface area contributed by atoms with Crippen LogP contribution < -0.4 is 5.06 Å². The molecule has 3 aromatic carbocycles. The molecule has 1 aliphatic rings. The quantitative estimate of drug-likeness (QED) is 0.585. The maximum absolute atomic E-state index is 6.20. The lowest BCUT2D eigenvalue weighted by Gasteiger charge is -2.36. The van der Waals surface area contributed by atoms with Gasteiger partial charge in [-0.15, -0.1) is 0 Å². The van der Waals surface area contributed by atoms with E-state index in [2.05, 4.69) is 24.3 Å². The van der Waals surface area contributed by atoms with Crippen molar-refractivity contribution >= 4 is 23.2 Å². The van der Waals surface area contributed by atoms with Crippen molar-refractivity contribution in [2.45, 2.75) is 19.0 Å². The van der Waals surface area contributed by atoms with Crippen LogP contribution in [0, 0.1) is 0 Å². The fourth-order valence-electron chi connectivity index (χ4n) is 3.25. The number of halogens is 1. The van der Waals surface area contributed by atoms with Crippen LogP contribution in [0.25, 0.3) is 0 Å². The zero-order valence-corrected chi connectivity index (χ0v) is 15.2. The Bertz CT molecular complexity index is 868. The predicted molar refractivity (Wildman–Crippen MR) is 106 cm³/mol. The molecule has 4 rings (SSSR count). The highest BCUT2D eigenvalue weighted by Crippen LogP contribution is 2.44. The Kier molecular flexibility index (Phi) is 4.39. The van der Waals surface area contributed by atoms with E-state index in [0.29, 0.717) is 17.3 Å². The topological polar surface area (TPSA) is 24.8 Å². The Balaban J connectivity index is 1.97. The molecule has 0 aromatic heterocycles. The summed E-state index contributed by atoms with van der Waals surface area (Å²) in [5.41, 5.74) is 2.21.